The largest absolute Gasteiger partial charge is 0.457 e. The van der Waals surface area contributed by atoms with Crippen molar-refractivity contribution in [3.8, 4) is 11.5 Å². The van der Waals surface area contributed by atoms with E-state index >= 15 is 0 Å². The Bertz CT molecular complexity index is 618. The van der Waals surface area contributed by atoms with Gasteiger partial charge in [0.2, 0.25) is 0 Å². The molecule has 0 unspecified atom stereocenters. The second-order valence-electron chi connectivity index (χ2n) is 8.35. The lowest BCUT2D eigenvalue weighted by Gasteiger charge is -2.14. The summed E-state index contributed by atoms with van der Waals surface area (Å²) in [5.74, 6) is 2.08. The molecular formula is C30H46O. The topological polar surface area (TPSA) is 9.23 Å². The molecule has 0 amide bonds. The molecule has 0 N–H and O–H groups in total. The lowest BCUT2D eigenvalue weighted by atomic mass is 10.0. The molecule has 31 heavy (non-hydrogen) atoms. The van der Waals surface area contributed by atoms with Crippen LogP contribution in [-0.2, 0) is 12.8 Å². The summed E-state index contributed by atoms with van der Waals surface area (Å²) >= 11 is 0. The maximum Gasteiger partial charge on any atom is 0.130 e. The molecule has 0 saturated carbocycles. The molecule has 0 radical (unpaired) electrons. The van der Waals surface area contributed by atoms with Gasteiger partial charge in [0, 0.05) is 0 Å². The minimum atomic E-state index is 1.04. The maximum absolute atomic E-state index is 6.43. The molecule has 0 aliphatic heterocycles. The Labute approximate surface area is 192 Å². The van der Waals surface area contributed by atoms with Crippen molar-refractivity contribution < 1.29 is 4.74 Å². The monoisotopic (exact) mass is 422 g/mol. The number of ether oxygens (including phenoxy) is 1. The number of benzene rings is 2. The highest BCUT2D eigenvalue weighted by molar-refractivity contribution is 5.41. The van der Waals surface area contributed by atoms with Crippen LogP contribution in [0.4, 0.5) is 0 Å². The third-order valence-electron chi connectivity index (χ3n) is 5.76. The Kier molecular flexibility index (Phi) is 16.3. The van der Waals surface area contributed by atoms with E-state index in [0.29, 0.717) is 0 Å². The molecule has 0 bridgehead atoms. The zero-order valence-corrected chi connectivity index (χ0v) is 20.3. The third-order valence-corrected chi connectivity index (χ3v) is 5.76. The van der Waals surface area contributed by atoms with Gasteiger partial charge < -0.3 is 4.74 Å². The zero-order valence-electron chi connectivity index (χ0n) is 20.3. The lowest BCUT2D eigenvalue weighted by molar-refractivity contribution is 0.466. The molecule has 1 nitrogen and oxygen atoms in total. The van der Waals surface area contributed by atoms with E-state index < -0.39 is 0 Å². The van der Waals surface area contributed by atoms with E-state index in [-0.39, 0.29) is 0 Å². The maximum atomic E-state index is 6.43. The van der Waals surface area contributed by atoms with Crippen LogP contribution in [0.25, 0.3) is 0 Å². The summed E-state index contributed by atoms with van der Waals surface area (Å²) in [4.78, 5) is 0. The number of unbranched alkanes of at least 4 members (excludes halogenated alkanes) is 10. The summed E-state index contributed by atoms with van der Waals surface area (Å²) in [6.45, 7) is 10.6. The van der Waals surface area contributed by atoms with Crippen molar-refractivity contribution in [1.82, 2.24) is 0 Å². The highest BCUT2D eigenvalue weighted by Gasteiger charge is 2.08. The fraction of sp³-hybridized carbons (Fsp3) is 0.533. The first-order chi connectivity index (χ1) is 15.3. The quantitative estimate of drug-likeness (QED) is 0.193. The molecule has 0 heterocycles. The fourth-order valence-electron chi connectivity index (χ4n) is 3.93. The van der Waals surface area contributed by atoms with Crippen LogP contribution in [0, 0.1) is 0 Å². The highest BCUT2D eigenvalue weighted by atomic mass is 16.5. The summed E-state index contributed by atoms with van der Waals surface area (Å²) in [5.41, 5.74) is 2.69. The van der Waals surface area contributed by atoms with Crippen molar-refractivity contribution in [1.29, 1.82) is 0 Å². The van der Waals surface area contributed by atoms with Crippen LogP contribution in [0.2, 0.25) is 0 Å². The predicted octanol–water partition coefficient (Wildman–Crippen LogP) is 10.1. The van der Waals surface area contributed by atoms with Gasteiger partial charge in [-0.15, -0.1) is 13.2 Å². The molecule has 2 aromatic rings. The molecular weight excluding hydrogens is 376 g/mol. The fourth-order valence-corrected chi connectivity index (χ4v) is 3.93. The van der Waals surface area contributed by atoms with Crippen LogP contribution in [0.15, 0.2) is 61.7 Å². The number of aryl methyl sites for hydroxylation is 2. The third kappa shape index (κ3) is 11.8. The average Bonchev–Trinajstić information content (AvgIpc) is 2.82. The standard InChI is InChI=1S/C28H42O.C2H4/c1-3-5-7-9-11-13-19-25-21-15-17-23-27(25)29-28-24-18-16-22-26(28)20-14-12-10-8-6-4-2;1-2/h15-18,21-24H,3-14,19-20H2,1-2H3;1-2H2. The molecule has 0 atom stereocenters. The molecule has 1 heteroatoms. The van der Waals surface area contributed by atoms with E-state index in [1.165, 1.54) is 88.2 Å². The molecule has 0 fully saturated rings. The van der Waals surface area contributed by atoms with Gasteiger partial charge in [-0.2, -0.15) is 0 Å². The normalized spacial score (nSPS) is 10.4. The second-order valence-corrected chi connectivity index (χ2v) is 8.35. The van der Waals surface area contributed by atoms with Gasteiger partial charge >= 0.3 is 0 Å². The summed E-state index contributed by atoms with van der Waals surface area (Å²) in [5, 5.41) is 0. The van der Waals surface area contributed by atoms with Crippen LogP contribution in [0.3, 0.4) is 0 Å². The van der Waals surface area contributed by atoms with Gasteiger partial charge in [0.05, 0.1) is 0 Å². The van der Waals surface area contributed by atoms with E-state index in [2.05, 4.69) is 75.5 Å². The summed E-state index contributed by atoms with van der Waals surface area (Å²) in [7, 11) is 0. The van der Waals surface area contributed by atoms with Crippen molar-refractivity contribution in [3.63, 3.8) is 0 Å². The highest BCUT2D eigenvalue weighted by Crippen LogP contribution is 2.30. The molecule has 2 aromatic carbocycles. The predicted molar refractivity (Wildman–Crippen MR) is 138 cm³/mol. The van der Waals surface area contributed by atoms with Crippen LogP contribution < -0.4 is 4.74 Å². The lowest BCUT2D eigenvalue weighted by Crippen LogP contribution is -1.96. The molecule has 0 aliphatic rings. The van der Waals surface area contributed by atoms with Gasteiger partial charge in [0.1, 0.15) is 11.5 Å². The van der Waals surface area contributed by atoms with E-state index in [1.54, 1.807) is 0 Å². The Morgan fingerprint density at radius 3 is 1.29 bits per heavy atom. The van der Waals surface area contributed by atoms with Crippen LogP contribution >= 0.6 is 0 Å². The number of rotatable bonds is 16. The Balaban J connectivity index is 0.00000233. The second kappa shape index (κ2) is 18.7. The van der Waals surface area contributed by atoms with Gasteiger partial charge in [0.15, 0.2) is 0 Å². The van der Waals surface area contributed by atoms with Crippen molar-refractivity contribution in [2.24, 2.45) is 0 Å². The SMILES string of the molecule is C=C.CCCCCCCCc1ccccc1Oc1ccccc1CCCCCCCC. The van der Waals surface area contributed by atoms with Crippen molar-refractivity contribution in [2.45, 2.75) is 104 Å². The van der Waals surface area contributed by atoms with Crippen molar-refractivity contribution in [3.05, 3.63) is 72.8 Å². The summed E-state index contributed by atoms with van der Waals surface area (Å²) < 4.78 is 6.43. The van der Waals surface area contributed by atoms with E-state index in [0.717, 1.165) is 24.3 Å². The Morgan fingerprint density at radius 2 is 0.871 bits per heavy atom. The molecule has 0 spiro atoms. The average molecular weight is 423 g/mol. The Morgan fingerprint density at radius 1 is 0.516 bits per heavy atom. The summed E-state index contributed by atoms with van der Waals surface area (Å²) in [6, 6.07) is 17.2. The molecule has 2 rings (SSSR count). The molecule has 0 saturated heterocycles. The summed E-state index contributed by atoms with van der Waals surface area (Å²) in [6.07, 6.45) is 18.2. The van der Waals surface area contributed by atoms with Gasteiger partial charge in [-0.25, -0.2) is 0 Å². The number of hydrogen-bond donors (Lipinski definition) is 0. The van der Waals surface area contributed by atoms with Gasteiger partial charge in [-0.3, -0.25) is 0 Å². The van der Waals surface area contributed by atoms with E-state index in [9.17, 15) is 0 Å². The molecule has 0 aliphatic carbocycles. The van der Waals surface area contributed by atoms with Crippen molar-refractivity contribution >= 4 is 0 Å². The van der Waals surface area contributed by atoms with Gasteiger partial charge in [0.25, 0.3) is 0 Å². The molecule has 0 aromatic heterocycles. The smallest absolute Gasteiger partial charge is 0.130 e. The first-order valence-corrected chi connectivity index (χ1v) is 12.7. The van der Waals surface area contributed by atoms with Crippen LogP contribution in [0.1, 0.15) is 102 Å². The zero-order chi connectivity index (χ0) is 22.6. The minimum absolute atomic E-state index is 1.04. The van der Waals surface area contributed by atoms with Crippen LogP contribution in [-0.4, -0.2) is 0 Å². The van der Waals surface area contributed by atoms with Crippen molar-refractivity contribution in [2.75, 3.05) is 0 Å². The van der Waals surface area contributed by atoms with Gasteiger partial charge in [-0.1, -0.05) is 114 Å². The minimum Gasteiger partial charge on any atom is -0.457 e. The first kappa shape index (κ1) is 27.0. The van der Waals surface area contributed by atoms with E-state index in [4.69, 9.17) is 4.74 Å². The number of para-hydroxylation sites is 2. The molecule has 172 valence electrons. The first-order valence-electron chi connectivity index (χ1n) is 12.7. The van der Waals surface area contributed by atoms with E-state index in [1.807, 2.05) is 0 Å². The number of hydrogen-bond acceptors (Lipinski definition) is 1. The van der Waals surface area contributed by atoms with Crippen LogP contribution in [0.5, 0.6) is 11.5 Å². The Hall–Kier alpha value is -2.02. The van der Waals surface area contributed by atoms with Gasteiger partial charge in [-0.05, 0) is 48.9 Å².